The highest BCUT2D eigenvalue weighted by atomic mass is 35.5. The first kappa shape index (κ1) is 18.0. The van der Waals surface area contributed by atoms with Gasteiger partial charge in [-0.2, -0.15) is 0 Å². The van der Waals surface area contributed by atoms with Gasteiger partial charge in [0.05, 0.1) is 11.2 Å². The van der Waals surface area contributed by atoms with Crippen LogP contribution in [0.1, 0.15) is 32.2 Å². The lowest BCUT2D eigenvalue weighted by Gasteiger charge is -2.13. The van der Waals surface area contributed by atoms with E-state index in [9.17, 15) is 4.79 Å². The van der Waals surface area contributed by atoms with E-state index in [2.05, 4.69) is 9.98 Å². The number of fused-ring (bicyclic) bond motifs is 1. The smallest absolute Gasteiger partial charge is 0.258 e. The maximum Gasteiger partial charge on any atom is 0.258 e. The molecule has 0 bridgehead atoms. The Bertz CT molecular complexity index is 715. The Morgan fingerprint density at radius 1 is 1.52 bits per heavy atom. The van der Waals surface area contributed by atoms with Crippen LogP contribution in [0.25, 0.3) is 4.96 Å². The number of hydrogen-bond acceptors (Lipinski definition) is 5. The van der Waals surface area contributed by atoms with Crippen molar-refractivity contribution in [3.63, 3.8) is 0 Å². The second-order valence-electron chi connectivity index (χ2n) is 5.49. The van der Waals surface area contributed by atoms with Gasteiger partial charge in [0.1, 0.15) is 0 Å². The number of thiazole rings is 1. The molecule has 0 saturated heterocycles. The van der Waals surface area contributed by atoms with Crippen LogP contribution in [0.3, 0.4) is 0 Å². The highest BCUT2D eigenvalue weighted by Gasteiger charge is 2.10. The van der Waals surface area contributed by atoms with Gasteiger partial charge in [0.2, 0.25) is 0 Å². The number of thioether (sulfide) groups is 1. The standard InChI is InChI=1S/C13H18N4OS2.ClH/c1-8-6-20-12-15-9(5-10(18)17(8)12)7-19-11(14)16-13(2,3)4;/h5-6H,7H2,1-4H3,(H2,14,16);1H. The highest BCUT2D eigenvalue weighted by Crippen LogP contribution is 2.16. The average molecular weight is 347 g/mol. The Morgan fingerprint density at radius 2 is 2.19 bits per heavy atom. The molecule has 0 aliphatic rings. The van der Waals surface area contributed by atoms with Gasteiger partial charge in [-0.1, -0.05) is 11.8 Å². The molecular formula is C13H19ClN4OS2. The van der Waals surface area contributed by atoms with Gasteiger partial charge in [-0.3, -0.25) is 14.2 Å². The maximum absolute atomic E-state index is 12.0. The molecule has 2 N–H and O–H groups in total. The van der Waals surface area contributed by atoms with Gasteiger partial charge in [0.25, 0.3) is 5.56 Å². The van der Waals surface area contributed by atoms with E-state index in [1.807, 2.05) is 33.1 Å². The zero-order valence-corrected chi connectivity index (χ0v) is 14.9. The topological polar surface area (TPSA) is 72.8 Å². The molecule has 0 unspecified atom stereocenters. The van der Waals surface area contributed by atoms with E-state index in [4.69, 9.17) is 5.73 Å². The first-order chi connectivity index (χ1) is 9.26. The van der Waals surface area contributed by atoms with Crippen molar-refractivity contribution in [3.05, 3.63) is 33.2 Å². The summed E-state index contributed by atoms with van der Waals surface area (Å²) in [5.41, 5.74) is 7.27. The van der Waals surface area contributed by atoms with Gasteiger partial charge >= 0.3 is 0 Å². The predicted molar refractivity (Wildman–Crippen MR) is 94.0 cm³/mol. The van der Waals surface area contributed by atoms with E-state index in [-0.39, 0.29) is 23.5 Å². The molecule has 0 aliphatic carbocycles. The van der Waals surface area contributed by atoms with Crippen LogP contribution in [-0.4, -0.2) is 20.1 Å². The number of aryl methyl sites for hydroxylation is 1. The maximum atomic E-state index is 12.0. The molecule has 0 aliphatic heterocycles. The second-order valence-corrected chi connectivity index (χ2v) is 7.32. The molecule has 5 nitrogen and oxygen atoms in total. The molecule has 0 aromatic carbocycles. The fourth-order valence-electron chi connectivity index (χ4n) is 1.69. The fraction of sp³-hybridized carbons (Fsp3) is 0.462. The highest BCUT2D eigenvalue weighted by molar-refractivity contribution is 8.13. The Hall–Kier alpha value is -1.05. The number of hydrogen-bond donors (Lipinski definition) is 1. The molecule has 2 aromatic rings. The normalized spacial score (nSPS) is 12.5. The molecule has 0 radical (unpaired) electrons. The molecule has 0 atom stereocenters. The number of aliphatic imine (C=N–C) groups is 1. The van der Waals surface area contributed by atoms with E-state index in [0.29, 0.717) is 10.9 Å². The third-order valence-electron chi connectivity index (χ3n) is 2.44. The summed E-state index contributed by atoms with van der Waals surface area (Å²) < 4.78 is 1.62. The van der Waals surface area contributed by atoms with Crippen molar-refractivity contribution in [2.45, 2.75) is 39.0 Å². The van der Waals surface area contributed by atoms with E-state index >= 15 is 0 Å². The van der Waals surface area contributed by atoms with E-state index in [0.717, 1.165) is 16.3 Å². The van der Waals surface area contributed by atoms with Crippen molar-refractivity contribution in [1.82, 2.24) is 9.38 Å². The van der Waals surface area contributed by atoms with Gasteiger partial charge in [0.15, 0.2) is 10.1 Å². The molecule has 116 valence electrons. The SMILES string of the molecule is Cc1csc2nc(CSC(N)=NC(C)(C)C)cc(=O)n12.Cl. The number of nitrogens with zero attached hydrogens (tertiary/aromatic N) is 3. The number of rotatable bonds is 2. The zero-order valence-electron chi connectivity index (χ0n) is 12.4. The molecule has 0 fully saturated rings. The lowest BCUT2D eigenvalue weighted by Crippen LogP contribution is -2.18. The number of nitrogens with two attached hydrogens (primary N) is 1. The first-order valence-electron chi connectivity index (χ1n) is 6.21. The van der Waals surface area contributed by atoms with Gasteiger partial charge < -0.3 is 5.73 Å². The van der Waals surface area contributed by atoms with Crippen molar-refractivity contribution in [3.8, 4) is 0 Å². The summed E-state index contributed by atoms with van der Waals surface area (Å²) in [5.74, 6) is 0.550. The van der Waals surface area contributed by atoms with Gasteiger partial charge in [-0.25, -0.2) is 4.98 Å². The minimum Gasteiger partial charge on any atom is -0.379 e. The lowest BCUT2D eigenvalue weighted by molar-refractivity contribution is 0.585. The van der Waals surface area contributed by atoms with Crippen LogP contribution in [-0.2, 0) is 5.75 Å². The molecule has 2 heterocycles. The minimum absolute atomic E-state index is 0. The van der Waals surface area contributed by atoms with E-state index in [1.54, 1.807) is 10.5 Å². The zero-order chi connectivity index (χ0) is 14.9. The van der Waals surface area contributed by atoms with Crippen molar-refractivity contribution >= 4 is 45.6 Å². The van der Waals surface area contributed by atoms with Crippen molar-refractivity contribution in [2.24, 2.45) is 10.7 Å². The van der Waals surface area contributed by atoms with Crippen LogP contribution >= 0.6 is 35.5 Å². The largest absolute Gasteiger partial charge is 0.379 e. The van der Waals surface area contributed by atoms with Crippen LogP contribution in [0.5, 0.6) is 0 Å². The summed E-state index contributed by atoms with van der Waals surface area (Å²) in [4.78, 5) is 21.6. The third-order valence-corrected chi connectivity index (χ3v) is 4.21. The van der Waals surface area contributed by atoms with Gasteiger partial charge in [-0.15, -0.1) is 23.7 Å². The van der Waals surface area contributed by atoms with Crippen LogP contribution in [0.2, 0.25) is 0 Å². The Labute approximate surface area is 138 Å². The third kappa shape index (κ3) is 4.72. The minimum atomic E-state index is -0.196. The molecule has 0 amide bonds. The Morgan fingerprint density at radius 3 is 2.81 bits per heavy atom. The monoisotopic (exact) mass is 346 g/mol. The summed E-state index contributed by atoms with van der Waals surface area (Å²) in [6, 6.07) is 1.56. The van der Waals surface area contributed by atoms with Crippen LogP contribution in [0, 0.1) is 6.92 Å². The number of halogens is 1. The van der Waals surface area contributed by atoms with E-state index < -0.39 is 0 Å². The van der Waals surface area contributed by atoms with Crippen molar-refractivity contribution in [2.75, 3.05) is 0 Å². The molecule has 2 rings (SSSR count). The molecule has 21 heavy (non-hydrogen) atoms. The lowest BCUT2D eigenvalue weighted by atomic mass is 10.1. The summed E-state index contributed by atoms with van der Waals surface area (Å²) in [6.45, 7) is 7.87. The van der Waals surface area contributed by atoms with Crippen molar-refractivity contribution < 1.29 is 0 Å². The Balaban J connectivity index is 0.00000220. The molecule has 0 spiro atoms. The van der Waals surface area contributed by atoms with E-state index in [1.165, 1.54) is 23.1 Å². The molecule has 2 aromatic heterocycles. The van der Waals surface area contributed by atoms with Gasteiger partial charge in [0, 0.05) is 22.9 Å². The average Bonchev–Trinajstić information content (AvgIpc) is 2.66. The van der Waals surface area contributed by atoms with Crippen LogP contribution in [0.4, 0.5) is 0 Å². The van der Waals surface area contributed by atoms with Gasteiger partial charge in [-0.05, 0) is 27.7 Å². The van der Waals surface area contributed by atoms with Crippen molar-refractivity contribution in [1.29, 1.82) is 0 Å². The second kappa shape index (κ2) is 6.81. The fourth-order valence-corrected chi connectivity index (χ4v) is 3.36. The molecule has 0 saturated carbocycles. The van der Waals surface area contributed by atoms with Crippen LogP contribution in [0.15, 0.2) is 21.2 Å². The summed E-state index contributed by atoms with van der Waals surface area (Å²) in [7, 11) is 0. The number of aromatic nitrogens is 2. The summed E-state index contributed by atoms with van der Waals surface area (Å²) in [6.07, 6.45) is 0. The quantitative estimate of drug-likeness (QED) is 0.670. The predicted octanol–water partition coefficient (Wildman–Crippen LogP) is 2.83. The number of amidine groups is 1. The summed E-state index contributed by atoms with van der Waals surface area (Å²) in [5, 5.41) is 2.44. The summed E-state index contributed by atoms with van der Waals surface area (Å²) >= 11 is 2.87. The Kier molecular flexibility index (Phi) is 5.83. The molecule has 8 heteroatoms. The van der Waals surface area contributed by atoms with Crippen LogP contribution < -0.4 is 11.3 Å². The molecular weight excluding hydrogens is 328 g/mol. The first-order valence-corrected chi connectivity index (χ1v) is 8.08.